The number of hydrogen-bond donors (Lipinski definition) is 0. The summed E-state index contributed by atoms with van der Waals surface area (Å²) in [5.74, 6) is 1.46. The van der Waals surface area contributed by atoms with Crippen LogP contribution in [-0.2, 0) is 18.6 Å². The molecule has 2 aliphatic rings. The lowest BCUT2D eigenvalue weighted by Crippen LogP contribution is -2.41. The maximum absolute atomic E-state index is 6.43. The number of rotatable bonds is 15. The van der Waals surface area contributed by atoms with Crippen LogP contribution in [0.15, 0.2) is 12.1 Å². The van der Waals surface area contributed by atoms with Crippen LogP contribution in [0.5, 0.6) is 11.5 Å². The Balaban J connectivity index is 0.00000113. The van der Waals surface area contributed by atoms with Gasteiger partial charge in [0.05, 0.1) is 35.6 Å². The molecule has 0 unspecified atom stereocenters. The van der Waals surface area contributed by atoms with Gasteiger partial charge in [-0.05, 0) is 80.4 Å². The fourth-order valence-electron chi connectivity index (χ4n) is 4.78. The van der Waals surface area contributed by atoms with Gasteiger partial charge in [0, 0.05) is 10.9 Å². The SMILES string of the molecule is CCCCC.CCCCCCCCOc1cc(B2OC(C)(C)C(C)(C)O2)c(OCCC)cc1B1OC(C)(C)C(C)(C)O1. The highest BCUT2D eigenvalue weighted by Gasteiger charge is 2.55. The van der Waals surface area contributed by atoms with Gasteiger partial charge in [-0.25, -0.2) is 0 Å². The first-order valence-corrected chi connectivity index (χ1v) is 16.8. The van der Waals surface area contributed by atoms with Crippen molar-refractivity contribution in [3.63, 3.8) is 0 Å². The lowest BCUT2D eigenvalue weighted by Gasteiger charge is -2.32. The fourth-order valence-corrected chi connectivity index (χ4v) is 4.78. The number of benzene rings is 1. The molecule has 1 aromatic carbocycles. The van der Waals surface area contributed by atoms with Crippen molar-refractivity contribution in [2.24, 2.45) is 0 Å². The minimum atomic E-state index is -0.555. The Kier molecular flexibility index (Phi) is 14.3. The van der Waals surface area contributed by atoms with E-state index in [1.165, 1.54) is 44.9 Å². The molecule has 240 valence electrons. The van der Waals surface area contributed by atoms with E-state index in [0.717, 1.165) is 41.7 Å². The lowest BCUT2D eigenvalue weighted by molar-refractivity contribution is 0.00578. The summed E-state index contributed by atoms with van der Waals surface area (Å²) in [4.78, 5) is 0. The second-order valence-electron chi connectivity index (χ2n) is 13.9. The van der Waals surface area contributed by atoms with Crippen molar-refractivity contribution in [3.8, 4) is 11.5 Å². The highest BCUT2D eigenvalue weighted by atomic mass is 16.7. The van der Waals surface area contributed by atoms with E-state index in [-0.39, 0.29) is 0 Å². The molecule has 0 N–H and O–H groups in total. The van der Waals surface area contributed by atoms with Crippen molar-refractivity contribution in [2.45, 2.75) is 170 Å². The van der Waals surface area contributed by atoms with Crippen molar-refractivity contribution in [2.75, 3.05) is 13.2 Å². The Labute approximate surface area is 259 Å². The molecule has 42 heavy (non-hydrogen) atoms. The Morgan fingerprint density at radius 2 is 0.833 bits per heavy atom. The first-order valence-electron chi connectivity index (χ1n) is 16.8. The molecule has 2 fully saturated rings. The van der Waals surface area contributed by atoms with Crippen molar-refractivity contribution in [1.82, 2.24) is 0 Å². The van der Waals surface area contributed by atoms with Gasteiger partial charge < -0.3 is 28.1 Å². The molecule has 0 bridgehead atoms. The van der Waals surface area contributed by atoms with Gasteiger partial charge in [0.1, 0.15) is 11.5 Å². The molecular weight excluding hydrogens is 526 g/mol. The topological polar surface area (TPSA) is 55.4 Å². The van der Waals surface area contributed by atoms with E-state index in [0.29, 0.717) is 13.2 Å². The average molecular weight is 588 g/mol. The Hall–Kier alpha value is -1.21. The highest BCUT2D eigenvalue weighted by Crippen LogP contribution is 2.39. The van der Waals surface area contributed by atoms with E-state index < -0.39 is 36.6 Å². The second kappa shape index (κ2) is 16.2. The normalized spacial score (nSPS) is 19.9. The van der Waals surface area contributed by atoms with Gasteiger partial charge in [-0.15, -0.1) is 0 Å². The fraction of sp³-hybridized carbons (Fsp3) is 0.824. The van der Waals surface area contributed by atoms with E-state index in [1.807, 2.05) is 12.1 Å². The molecule has 6 nitrogen and oxygen atoms in total. The zero-order valence-corrected chi connectivity index (χ0v) is 29.2. The lowest BCUT2D eigenvalue weighted by atomic mass is 9.72. The summed E-state index contributed by atoms with van der Waals surface area (Å²) in [5.41, 5.74) is -0.138. The van der Waals surface area contributed by atoms with Crippen LogP contribution in [0.4, 0.5) is 0 Å². The third-order valence-electron chi connectivity index (χ3n) is 9.08. The van der Waals surface area contributed by atoms with Crippen LogP contribution in [0.1, 0.15) is 147 Å². The van der Waals surface area contributed by atoms with Gasteiger partial charge in [0.2, 0.25) is 0 Å². The van der Waals surface area contributed by atoms with E-state index in [2.05, 4.69) is 83.1 Å². The largest absolute Gasteiger partial charge is 0.498 e. The van der Waals surface area contributed by atoms with Gasteiger partial charge in [-0.2, -0.15) is 0 Å². The maximum Gasteiger partial charge on any atom is 0.498 e. The summed E-state index contributed by atoms with van der Waals surface area (Å²) in [6.45, 7) is 26.5. The molecule has 0 atom stereocenters. The van der Waals surface area contributed by atoms with Gasteiger partial charge in [0.25, 0.3) is 0 Å². The summed E-state index contributed by atoms with van der Waals surface area (Å²) in [7, 11) is -1.11. The van der Waals surface area contributed by atoms with Crippen molar-refractivity contribution in [1.29, 1.82) is 0 Å². The smallest absolute Gasteiger partial charge is 0.494 e. The Morgan fingerprint density at radius 3 is 1.19 bits per heavy atom. The summed E-state index contributed by atoms with van der Waals surface area (Å²) in [6, 6.07) is 4.03. The quantitative estimate of drug-likeness (QED) is 0.153. The van der Waals surface area contributed by atoms with Crippen LogP contribution in [0.3, 0.4) is 0 Å². The summed E-state index contributed by atoms with van der Waals surface area (Å²) in [6.07, 6.45) is 12.2. The van der Waals surface area contributed by atoms with Crippen LogP contribution in [-0.4, -0.2) is 49.9 Å². The number of unbranched alkanes of at least 4 members (excludes halogenated alkanes) is 7. The standard InChI is InChI=1S/C29H50B2O6.C5H12/c1-11-13-14-15-16-17-19-33-25-21-22(30-34-26(3,4)27(5,6)35-30)24(32-18-12-2)20-23(25)31-36-28(7,8)29(9,10)37-31;1-3-5-4-2/h20-21H,11-19H2,1-10H3;3-5H2,1-2H3. The average Bonchev–Trinajstić information content (AvgIpc) is 3.26. The molecule has 2 saturated heterocycles. The van der Waals surface area contributed by atoms with Gasteiger partial charge >= 0.3 is 14.2 Å². The first kappa shape index (κ1) is 37.0. The monoisotopic (exact) mass is 588 g/mol. The van der Waals surface area contributed by atoms with Crippen LogP contribution < -0.4 is 20.4 Å². The molecule has 0 saturated carbocycles. The zero-order valence-electron chi connectivity index (χ0n) is 29.2. The molecular formula is C34H62B2O6. The highest BCUT2D eigenvalue weighted by molar-refractivity contribution is 6.66. The zero-order chi connectivity index (χ0) is 31.6. The predicted octanol–water partition coefficient (Wildman–Crippen LogP) is 8.01. The van der Waals surface area contributed by atoms with Crippen molar-refractivity contribution in [3.05, 3.63) is 12.1 Å². The van der Waals surface area contributed by atoms with Gasteiger partial charge in [-0.1, -0.05) is 79.1 Å². The number of ether oxygens (including phenoxy) is 2. The summed E-state index contributed by atoms with van der Waals surface area (Å²) >= 11 is 0. The molecule has 0 amide bonds. The minimum Gasteiger partial charge on any atom is -0.494 e. The molecule has 0 spiro atoms. The third kappa shape index (κ3) is 9.64. The van der Waals surface area contributed by atoms with Crippen LogP contribution >= 0.6 is 0 Å². The Morgan fingerprint density at radius 1 is 0.476 bits per heavy atom. The van der Waals surface area contributed by atoms with E-state index in [1.54, 1.807) is 0 Å². The first-order chi connectivity index (χ1) is 19.7. The molecule has 2 heterocycles. The maximum atomic E-state index is 6.43. The van der Waals surface area contributed by atoms with Crippen LogP contribution in [0.2, 0.25) is 0 Å². The molecule has 0 radical (unpaired) electrons. The Bertz CT molecular complexity index is 912. The molecule has 0 aliphatic carbocycles. The second-order valence-corrected chi connectivity index (χ2v) is 13.9. The van der Waals surface area contributed by atoms with Gasteiger partial charge in [-0.3, -0.25) is 0 Å². The minimum absolute atomic E-state index is 0.455. The number of hydrogen-bond acceptors (Lipinski definition) is 6. The molecule has 3 rings (SSSR count). The van der Waals surface area contributed by atoms with Gasteiger partial charge in [0.15, 0.2) is 0 Å². The van der Waals surface area contributed by atoms with E-state index >= 15 is 0 Å². The molecule has 8 heteroatoms. The van der Waals surface area contributed by atoms with E-state index in [4.69, 9.17) is 28.1 Å². The van der Waals surface area contributed by atoms with Crippen LogP contribution in [0.25, 0.3) is 0 Å². The van der Waals surface area contributed by atoms with Crippen LogP contribution in [0, 0.1) is 0 Å². The predicted molar refractivity (Wildman–Crippen MR) is 178 cm³/mol. The summed E-state index contributed by atoms with van der Waals surface area (Å²) < 4.78 is 38.4. The molecule has 2 aliphatic heterocycles. The molecule has 0 aromatic heterocycles. The third-order valence-corrected chi connectivity index (χ3v) is 9.08. The molecule has 1 aromatic rings. The van der Waals surface area contributed by atoms with E-state index in [9.17, 15) is 0 Å². The summed E-state index contributed by atoms with van der Waals surface area (Å²) in [5, 5.41) is 0. The van der Waals surface area contributed by atoms with Crippen molar-refractivity contribution < 1.29 is 28.1 Å². The van der Waals surface area contributed by atoms with Crippen molar-refractivity contribution >= 4 is 25.2 Å².